The molecule has 0 radical (unpaired) electrons. The summed E-state index contributed by atoms with van der Waals surface area (Å²) in [6.45, 7) is 0. The predicted molar refractivity (Wildman–Crippen MR) is 157 cm³/mol. The van der Waals surface area contributed by atoms with Crippen LogP contribution >= 0.6 is 0 Å². The van der Waals surface area contributed by atoms with E-state index in [2.05, 4.69) is 109 Å². The van der Waals surface area contributed by atoms with Gasteiger partial charge in [0.2, 0.25) is 0 Å². The smallest absolute Gasteiger partial charge is 0.143 e. The van der Waals surface area contributed by atoms with Gasteiger partial charge in [0.05, 0.1) is 1.37 Å². The molecule has 0 spiro atoms. The number of furan rings is 1. The molecule has 0 aliphatic rings. The zero-order chi connectivity index (χ0) is 25.2. The molecule has 1 aromatic heterocycles. The van der Waals surface area contributed by atoms with Crippen molar-refractivity contribution in [1.82, 2.24) is 0 Å². The van der Waals surface area contributed by atoms with Gasteiger partial charge in [0.1, 0.15) is 11.2 Å². The second-order valence-electron chi connectivity index (χ2n) is 9.56. The zero-order valence-corrected chi connectivity index (χ0v) is 20.0. The van der Waals surface area contributed by atoms with Crippen molar-refractivity contribution in [2.75, 3.05) is 0 Å². The van der Waals surface area contributed by atoms with Crippen molar-refractivity contribution in [1.29, 1.82) is 0 Å². The predicted octanol–water partition coefficient (Wildman–Crippen LogP) is 10.4. The Morgan fingerprint density at radius 2 is 1.14 bits per heavy atom. The molecule has 0 saturated heterocycles. The summed E-state index contributed by atoms with van der Waals surface area (Å²) in [6, 6.07) is 44.8. The molecule has 0 saturated carbocycles. The second-order valence-corrected chi connectivity index (χ2v) is 9.56. The highest BCUT2D eigenvalue weighted by Gasteiger charge is 2.20. The molecule has 0 bridgehead atoms. The summed E-state index contributed by atoms with van der Waals surface area (Å²) >= 11 is 0. The summed E-state index contributed by atoms with van der Waals surface area (Å²) in [6.07, 6.45) is 0. The summed E-state index contributed by atoms with van der Waals surface area (Å²) in [5.74, 6) is 0. The fourth-order valence-electron chi connectivity index (χ4n) is 6.01. The Labute approximate surface area is 215 Å². The van der Waals surface area contributed by atoms with Crippen LogP contribution in [0, 0.1) is 0 Å². The Hall–Kier alpha value is -4.88. The van der Waals surface area contributed by atoms with Crippen LogP contribution in [0.4, 0.5) is 0 Å². The van der Waals surface area contributed by atoms with Crippen molar-refractivity contribution in [3.63, 3.8) is 0 Å². The largest absolute Gasteiger partial charge is 0.455 e. The molecule has 172 valence electrons. The second kappa shape index (κ2) is 7.81. The third-order valence-corrected chi connectivity index (χ3v) is 7.56. The van der Waals surface area contributed by atoms with Gasteiger partial charge in [0.25, 0.3) is 0 Å². The van der Waals surface area contributed by atoms with Gasteiger partial charge in [-0.3, -0.25) is 0 Å². The van der Waals surface area contributed by atoms with Crippen LogP contribution in [0.2, 0.25) is 0 Å². The van der Waals surface area contributed by atoms with Gasteiger partial charge in [0.15, 0.2) is 0 Å². The van der Waals surface area contributed by atoms with Gasteiger partial charge in [-0.15, -0.1) is 0 Å². The molecule has 0 amide bonds. The third-order valence-electron chi connectivity index (χ3n) is 7.56. The fraction of sp³-hybridized carbons (Fsp3) is 0. The maximum absolute atomic E-state index is 9.02. The molecule has 7 aromatic carbocycles. The summed E-state index contributed by atoms with van der Waals surface area (Å²) in [7, 11) is 0. The minimum atomic E-state index is 0.531. The van der Waals surface area contributed by atoms with Crippen molar-refractivity contribution in [2.45, 2.75) is 0 Å². The molecule has 8 aromatic rings. The minimum Gasteiger partial charge on any atom is -0.455 e. The van der Waals surface area contributed by atoms with Crippen LogP contribution in [0.15, 0.2) is 138 Å². The van der Waals surface area contributed by atoms with E-state index in [1.54, 1.807) is 0 Å². The van der Waals surface area contributed by atoms with E-state index < -0.39 is 0 Å². The topological polar surface area (TPSA) is 13.1 Å². The van der Waals surface area contributed by atoms with E-state index in [1.165, 1.54) is 10.8 Å². The Kier molecular flexibility index (Phi) is 4.08. The molecule has 0 aliphatic carbocycles. The molecule has 0 aliphatic heterocycles. The normalized spacial score (nSPS) is 12.2. The number of hydrogen-bond acceptors (Lipinski definition) is 1. The summed E-state index contributed by atoms with van der Waals surface area (Å²) < 4.78 is 15.6. The average Bonchev–Trinajstić information content (AvgIpc) is 3.36. The van der Waals surface area contributed by atoms with E-state index in [0.29, 0.717) is 6.04 Å². The number of fused-ring (bicyclic) bond motifs is 7. The lowest BCUT2D eigenvalue weighted by molar-refractivity contribution is 0.673. The zero-order valence-electron chi connectivity index (χ0n) is 21.0. The summed E-state index contributed by atoms with van der Waals surface area (Å²) in [5.41, 5.74) is 6.30. The SMILES string of the molecule is [2H]c1cccc2c(-c3cccc4oc5c6ccccc6ccc5c34)c3ccccc3c(-c3ccccc3)c12. The van der Waals surface area contributed by atoms with E-state index >= 15 is 0 Å². The van der Waals surface area contributed by atoms with E-state index in [4.69, 9.17) is 5.79 Å². The van der Waals surface area contributed by atoms with Crippen LogP contribution in [0.5, 0.6) is 0 Å². The standard InChI is InChI=1S/C36H22O/c1-2-12-24(13-3-1)33-26-15-6-8-17-28(26)34(29-18-9-7-16-27(29)33)30-19-10-20-32-35(30)31-22-21-23-11-4-5-14-25(23)36(31)37-32/h1-22H/i15D. The Balaban J connectivity index is 1.59. The minimum absolute atomic E-state index is 0.531. The molecule has 8 rings (SSSR count). The molecular formula is C36H22O. The molecule has 0 unspecified atom stereocenters. The first-order chi connectivity index (χ1) is 18.8. The highest BCUT2D eigenvalue weighted by Crippen LogP contribution is 2.47. The van der Waals surface area contributed by atoms with Crippen molar-refractivity contribution in [3.8, 4) is 22.3 Å². The number of rotatable bonds is 2. The van der Waals surface area contributed by atoms with Crippen LogP contribution < -0.4 is 0 Å². The van der Waals surface area contributed by atoms with Crippen molar-refractivity contribution in [3.05, 3.63) is 133 Å². The molecular weight excluding hydrogens is 448 g/mol. The van der Waals surface area contributed by atoms with E-state index in [9.17, 15) is 0 Å². The van der Waals surface area contributed by atoms with Crippen LogP contribution in [0.25, 0.3) is 76.5 Å². The van der Waals surface area contributed by atoms with Gasteiger partial charge in [0, 0.05) is 16.2 Å². The highest BCUT2D eigenvalue weighted by molar-refractivity contribution is 6.26. The molecule has 1 heterocycles. The van der Waals surface area contributed by atoms with Gasteiger partial charge < -0.3 is 4.42 Å². The van der Waals surface area contributed by atoms with E-state index in [-0.39, 0.29) is 0 Å². The maximum Gasteiger partial charge on any atom is 0.143 e. The molecule has 0 atom stereocenters. The Morgan fingerprint density at radius 1 is 0.459 bits per heavy atom. The van der Waals surface area contributed by atoms with Crippen molar-refractivity contribution < 1.29 is 5.79 Å². The van der Waals surface area contributed by atoms with Gasteiger partial charge in [-0.05, 0) is 61.3 Å². The monoisotopic (exact) mass is 471 g/mol. The van der Waals surface area contributed by atoms with E-state index in [1.807, 2.05) is 18.2 Å². The van der Waals surface area contributed by atoms with Crippen LogP contribution in [0.3, 0.4) is 0 Å². The maximum atomic E-state index is 9.02. The van der Waals surface area contributed by atoms with Crippen LogP contribution in [-0.2, 0) is 0 Å². The van der Waals surface area contributed by atoms with E-state index in [0.717, 1.165) is 65.7 Å². The van der Waals surface area contributed by atoms with Crippen molar-refractivity contribution in [2.24, 2.45) is 0 Å². The highest BCUT2D eigenvalue weighted by atomic mass is 16.3. The summed E-state index contributed by atoms with van der Waals surface area (Å²) in [5, 5.41) is 8.89. The average molecular weight is 472 g/mol. The van der Waals surface area contributed by atoms with Crippen LogP contribution in [-0.4, -0.2) is 0 Å². The summed E-state index contributed by atoms with van der Waals surface area (Å²) in [4.78, 5) is 0. The Morgan fingerprint density at radius 3 is 1.97 bits per heavy atom. The van der Waals surface area contributed by atoms with Crippen molar-refractivity contribution >= 4 is 54.3 Å². The number of benzene rings is 7. The molecule has 0 fully saturated rings. The quantitative estimate of drug-likeness (QED) is 0.229. The first-order valence-corrected chi connectivity index (χ1v) is 12.6. The van der Waals surface area contributed by atoms with Gasteiger partial charge >= 0.3 is 0 Å². The third kappa shape index (κ3) is 2.92. The molecule has 1 nitrogen and oxygen atoms in total. The first kappa shape index (κ1) is 19.3. The lowest BCUT2D eigenvalue weighted by Crippen LogP contribution is -1.91. The van der Waals surface area contributed by atoms with Gasteiger partial charge in [-0.25, -0.2) is 0 Å². The Bertz CT molecular complexity index is 2190. The first-order valence-electron chi connectivity index (χ1n) is 13.1. The van der Waals surface area contributed by atoms with Crippen LogP contribution in [0.1, 0.15) is 1.37 Å². The fourth-order valence-corrected chi connectivity index (χ4v) is 6.01. The van der Waals surface area contributed by atoms with Gasteiger partial charge in [-0.2, -0.15) is 0 Å². The number of hydrogen-bond donors (Lipinski definition) is 0. The molecule has 0 N–H and O–H groups in total. The lowest BCUT2D eigenvalue weighted by Gasteiger charge is -2.18. The molecule has 37 heavy (non-hydrogen) atoms. The lowest BCUT2D eigenvalue weighted by atomic mass is 9.85. The van der Waals surface area contributed by atoms with Gasteiger partial charge in [-0.1, -0.05) is 121 Å². The molecule has 1 heteroatoms.